The first-order chi connectivity index (χ1) is 13.3. The van der Waals surface area contributed by atoms with Crippen molar-refractivity contribution in [3.8, 4) is 0 Å². The molecular formula is C17H18N2O8S. The van der Waals surface area contributed by atoms with Crippen LogP contribution in [0.3, 0.4) is 0 Å². The number of ether oxygens (including phenoxy) is 2. The summed E-state index contributed by atoms with van der Waals surface area (Å²) in [4.78, 5) is 34.3. The zero-order valence-electron chi connectivity index (χ0n) is 14.8. The van der Waals surface area contributed by atoms with Gasteiger partial charge in [0.15, 0.2) is 6.61 Å². The monoisotopic (exact) mass is 410 g/mol. The highest BCUT2D eigenvalue weighted by atomic mass is 32.2. The Morgan fingerprint density at radius 1 is 1.07 bits per heavy atom. The van der Waals surface area contributed by atoms with E-state index in [-0.39, 0.29) is 23.6 Å². The summed E-state index contributed by atoms with van der Waals surface area (Å²) >= 11 is 0. The van der Waals surface area contributed by atoms with Gasteiger partial charge in [-0.3, -0.25) is 10.1 Å². The second kappa shape index (κ2) is 9.67. The van der Waals surface area contributed by atoms with Crippen molar-refractivity contribution in [1.82, 2.24) is 10.0 Å². The number of hydrogen-bond acceptors (Lipinski definition) is 8. The van der Waals surface area contributed by atoms with Crippen molar-refractivity contribution in [1.29, 1.82) is 0 Å². The molecule has 2 amide bonds. The predicted molar refractivity (Wildman–Crippen MR) is 94.6 cm³/mol. The summed E-state index contributed by atoms with van der Waals surface area (Å²) in [5, 5.41) is 1.87. The molecule has 2 N–H and O–H groups in total. The fraction of sp³-hybridized carbons (Fsp3) is 0.235. The van der Waals surface area contributed by atoms with E-state index in [1.807, 2.05) is 5.32 Å². The maximum Gasteiger partial charge on any atom is 0.413 e. The molecule has 0 spiro atoms. The summed E-state index contributed by atoms with van der Waals surface area (Å²) in [5.74, 6) is -1.26. The number of benzene rings is 1. The number of alkyl carbamates (subject to hydrolysis) is 1. The first-order valence-electron chi connectivity index (χ1n) is 8.07. The number of sulfonamides is 1. The molecule has 0 fully saturated rings. The number of hydrogen-bond donors (Lipinski definition) is 2. The van der Waals surface area contributed by atoms with Gasteiger partial charge in [0.1, 0.15) is 5.76 Å². The summed E-state index contributed by atoms with van der Waals surface area (Å²) in [6.07, 6.45) is 0.483. The maximum absolute atomic E-state index is 12.2. The lowest BCUT2D eigenvalue weighted by atomic mass is 10.2. The van der Waals surface area contributed by atoms with Crippen LogP contribution in [-0.2, 0) is 30.8 Å². The second-order valence-corrected chi connectivity index (χ2v) is 7.04. The maximum atomic E-state index is 12.2. The minimum atomic E-state index is -3.80. The molecule has 11 heteroatoms. The summed E-state index contributed by atoms with van der Waals surface area (Å²) in [6.45, 7) is 0.947. The third-order valence-corrected chi connectivity index (χ3v) is 4.69. The van der Waals surface area contributed by atoms with Gasteiger partial charge in [0, 0.05) is 0 Å². The molecule has 150 valence electrons. The molecule has 0 unspecified atom stereocenters. The van der Waals surface area contributed by atoms with E-state index in [4.69, 9.17) is 9.15 Å². The number of imide groups is 1. The summed E-state index contributed by atoms with van der Waals surface area (Å²) in [7, 11) is -3.80. The Kier molecular flexibility index (Phi) is 7.29. The quantitative estimate of drug-likeness (QED) is 0.618. The number of amides is 2. The van der Waals surface area contributed by atoms with Gasteiger partial charge in [0.05, 0.1) is 29.9 Å². The topological polar surface area (TPSA) is 141 Å². The summed E-state index contributed by atoms with van der Waals surface area (Å²) in [5.41, 5.74) is 0.0360. The molecule has 28 heavy (non-hydrogen) atoms. The molecule has 0 aliphatic rings. The Hall–Kier alpha value is -3.18. The zero-order valence-corrected chi connectivity index (χ0v) is 15.7. The van der Waals surface area contributed by atoms with Gasteiger partial charge in [-0.05, 0) is 43.3 Å². The van der Waals surface area contributed by atoms with E-state index in [2.05, 4.69) is 9.46 Å². The van der Waals surface area contributed by atoms with Gasteiger partial charge in [0.2, 0.25) is 10.0 Å². The minimum absolute atomic E-state index is 0.0191. The Morgan fingerprint density at radius 2 is 1.79 bits per heavy atom. The Labute approximate surface area is 160 Å². The van der Waals surface area contributed by atoms with E-state index in [1.54, 1.807) is 19.1 Å². The van der Waals surface area contributed by atoms with Crippen molar-refractivity contribution < 1.29 is 36.7 Å². The van der Waals surface area contributed by atoms with E-state index in [9.17, 15) is 22.8 Å². The van der Waals surface area contributed by atoms with Gasteiger partial charge >= 0.3 is 12.1 Å². The van der Waals surface area contributed by atoms with Crippen molar-refractivity contribution in [2.75, 3.05) is 13.2 Å². The van der Waals surface area contributed by atoms with E-state index in [0.717, 1.165) is 0 Å². The molecule has 10 nitrogen and oxygen atoms in total. The summed E-state index contributed by atoms with van der Waals surface area (Å²) in [6, 6.07) is 8.19. The lowest BCUT2D eigenvalue weighted by molar-refractivity contribution is -0.123. The van der Waals surface area contributed by atoms with Gasteiger partial charge < -0.3 is 13.9 Å². The van der Waals surface area contributed by atoms with Crippen molar-refractivity contribution in [3.05, 3.63) is 54.0 Å². The summed E-state index contributed by atoms with van der Waals surface area (Å²) < 4.78 is 41.1. The highest BCUT2D eigenvalue weighted by Crippen LogP contribution is 2.12. The zero-order chi connectivity index (χ0) is 20.6. The SMILES string of the molecule is CCOC(=O)NC(=O)COC(=O)c1ccc(S(=O)(=O)NCc2ccco2)cc1. The highest BCUT2D eigenvalue weighted by Gasteiger charge is 2.17. The molecule has 0 aliphatic carbocycles. The fourth-order valence-corrected chi connectivity index (χ4v) is 2.96. The largest absolute Gasteiger partial charge is 0.468 e. The molecule has 0 saturated carbocycles. The fourth-order valence-electron chi connectivity index (χ4n) is 1.96. The van der Waals surface area contributed by atoms with Crippen molar-refractivity contribution >= 4 is 28.0 Å². The van der Waals surface area contributed by atoms with E-state index < -0.39 is 34.6 Å². The number of carbonyl (C=O) groups excluding carboxylic acids is 3. The van der Waals surface area contributed by atoms with Crippen LogP contribution >= 0.6 is 0 Å². The van der Waals surface area contributed by atoms with Crippen LogP contribution in [0.15, 0.2) is 52.0 Å². The number of rotatable bonds is 8. The first-order valence-corrected chi connectivity index (χ1v) is 9.56. The van der Waals surface area contributed by atoms with Crippen molar-refractivity contribution in [2.24, 2.45) is 0 Å². The Balaban J connectivity index is 1.89. The van der Waals surface area contributed by atoms with Gasteiger partial charge in [-0.25, -0.2) is 22.7 Å². The van der Waals surface area contributed by atoms with Crippen LogP contribution in [-0.4, -0.2) is 39.6 Å². The van der Waals surface area contributed by atoms with Crippen LogP contribution in [0.1, 0.15) is 23.0 Å². The first kappa shape index (κ1) is 21.1. The molecule has 1 aromatic carbocycles. The standard InChI is InChI=1S/C17H18N2O8S/c1-2-25-17(22)19-15(20)11-27-16(21)12-5-7-14(8-6-12)28(23,24)18-10-13-4-3-9-26-13/h3-9,18H,2,10-11H2,1H3,(H,19,20,22). The molecule has 1 heterocycles. The highest BCUT2D eigenvalue weighted by molar-refractivity contribution is 7.89. The molecule has 0 atom stereocenters. The normalized spacial score (nSPS) is 10.9. The second-order valence-electron chi connectivity index (χ2n) is 5.27. The van der Waals surface area contributed by atoms with Gasteiger partial charge in [-0.15, -0.1) is 0 Å². The van der Waals surface area contributed by atoms with Crippen LogP contribution in [0.5, 0.6) is 0 Å². The van der Waals surface area contributed by atoms with Crippen molar-refractivity contribution in [3.63, 3.8) is 0 Å². The molecule has 2 aromatic rings. The van der Waals surface area contributed by atoms with E-state index in [1.165, 1.54) is 30.5 Å². The molecule has 0 radical (unpaired) electrons. The third kappa shape index (κ3) is 6.21. The molecule has 0 aliphatic heterocycles. The number of nitrogens with one attached hydrogen (secondary N) is 2. The van der Waals surface area contributed by atoms with Gasteiger partial charge in [0.25, 0.3) is 5.91 Å². The van der Waals surface area contributed by atoms with Crippen LogP contribution in [0.4, 0.5) is 4.79 Å². The number of esters is 1. The molecule has 0 bridgehead atoms. The van der Waals surface area contributed by atoms with Gasteiger partial charge in [-0.2, -0.15) is 0 Å². The predicted octanol–water partition coefficient (Wildman–Crippen LogP) is 1.19. The minimum Gasteiger partial charge on any atom is -0.468 e. The van der Waals surface area contributed by atoms with Crippen LogP contribution in [0, 0.1) is 0 Å². The average molecular weight is 410 g/mol. The lowest BCUT2D eigenvalue weighted by Crippen LogP contribution is -2.34. The Morgan fingerprint density at radius 3 is 2.39 bits per heavy atom. The van der Waals surface area contributed by atoms with E-state index in [0.29, 0.717) is 5.76 Å². The Bertz CT molecular complexity index is 921. The molecular weight excluding hydrogens is 392 g/mol. The van der Waals surface area contributed by atoms with Crippen LogP contribution in [0.2, 0.25) is 0 Å². The van der Waals surface area contributed by atoms with Crippen LogP contribution in [0.25, 0.3) is 0 Å². The number of furan rings is 1. The molecule has 1 aromatic heterocycles. The van der Waals surface area contributed by atoms with Crippen LogP contribution < -0.4 is 10.0 Å². The number of carbonyl (C=O) groups is 3. The molecule has 0 saturated heterocycles. The van der Waals surface area contributed by atoms with Gasteiger partial charge in [-0.1, -0.05) is 0 Å². The smallest absolute Gasteiger partial charge is 0.413 e. The van der Waals surface area contributed by atoms with Crippen molar-refractivity contribution in [2.45, 2.75) is 18.4 Å². The molecule has 2 rings (SSSR count). The lowest BCUT2D eigenvalue weighted by Gasteiger charge is -2.07. The van der Waals surface area contributed by atoms with E-state index >= 15 is 0 Å². The third-order valence-electron chi connectivity index (χ3n) is 3.27. The average Bonchev–Trinajstić information content (AvgIpc) is 3.18.